The highest BCUT2D eigenvalue weighted by atomic mass is 35.5. The van der Waals surface area contributed by atoms with Crippen LogP contribution in [0.4, 0.5) is 13.2 Å². The van der Waals surface area contributed by atoms with Gasteiger partial charge in [0.15, 0.2) is 0 Å². The summed E-state index contributed by atoms with van der Waals surface area (Å²) in [5.41, 5.74) is -0.207. The van der Waals surface area contributed by atoms with Crippen molar-refractivity contribution in [1.29, 1.82) is 0 Å². The zero-order valence-corrected chi connectivity index (χ0v) is 8.06. The highest BCUT2D eigenvalue weighted by molar-refractivity contribution is 6.31. The maximum Gasteiger partial charge on any atom is 0.450 e. The molecule has 1 N–H and O–H groups in total. The molecule has 2 nitrogen and oxygen atoms in total. The Bertz CT molecular complexity index is 367. The molecule has 0 aliphatic carbocycles. The number of hydrogen-bond acceptors (Lipinski definition) is 2. The van der Waals surface area contributed by atoms with Crippen LogP contribution in [0.5, 0.6) is 5.75 Å². The van der Waals surface area contributed by atoms with Crippen molar-refractivity contribution in [3.63, 3.8) is 0 Å². The Labute approximate surface area is 88.3 Å². The first-order chi connectivity index (χ1) is 6.82. The van der Waals surface area contributed by atoms with E-state index < -0.39 is 24.1 Å². The van der Waals surface area contributed by atoms with Crippen molar-refractivity contribution in [2.75, 3.05) is 0 Å². The molecule has 6 heteroatoms. The number of aromatic hydroxyl groups is 1. The summed E-state index contributed by atoms with van der Waals surface area (Å²) in [5, 5.41) is 9.14. The van der Waals surface area contributed by atoms with Crippen molar-refractivity contribution in [3.8, 4) is 5.75 Å². The SMILES string of the molecule is O=C(Cc1c(O)cccc1Cl)C(F)(F)F. The van der Waals surface area contributed by atoms with Gasteiger partial charge in [0.2, 0.25) is 5.78 Å². The minimum atomic E-state index is -4.91. The van der Waals surface area contributed by atoms with Crippen LogP contribution in [-0.2, 0) is 11.2 Å². The molecule has 0 aliphatic heterocycles. The number of phenols is 1. The molecule has 0 amide bonds. The van der Waals surface area contributed by atoms with Gasteiger partial charge in [0.25, 0.3) is 0 Å². The fourth-order valence-corrected chi connectivity index (χ4v) is 1.22. The molecule has 15 heavy (non-hydrogen) atoms. The third-order valence-corrected chi connectivity index (χ3v) is 2.10. The van der Waals surface area contributed by atoms with Gasteiger partial charge in [-0.05, 0) is 12.1 Å². The van der Waals surface area contributed by atoms with Crippen LogP contribution < -0.4 is 0 Å². The Morgan fingerprint density at radius 1 is 1.40 bits per heavy atom. The quantitative estimate of drug-likeness (QED) is 0.860. The number of phenolic OH excluding ortho intramolecular Hbond substituents is 1. The molecule has 0 saturated heterocycles. The summed E-state index contributed by atoms with van der Waals surface area (Å²) in [4.78, 5) is 10.6. The molecule has 0 aliphatic rings. The molecule has 1 aromatic rings. The van der Waals surface area contributed by atoms with Crippen LogP contribution >= 0.6 is 11.6 Å². The monoisotopic (exact) mass is 238 g/mol. The van der Waals surface area contributed by atoms with Crippen molar-refractivity contribution in [3.05, 3.63) is 28.8 Å². The number of benzene rings is 1. The zero-order chi connectivity index (χ0) is 11.6. The fourth-order valence-electron chi connectivity index (χ4n) is 0.983. The van der Waals surface area contributed by atoms with Gasteiger partial charge in [-0.15, -0.1) is 0 Å². The number of carbonyl (C=O) groups excluding carboxylic acids is 1. The Balaban J connectivity index is 2.95. The topological polar surface area (TPSA) is 37.3 Å². The average Bonchev–Trinajstić information content (AvgIpc) is 2.09. The predicted octanol–water partition coefficient (Wildman–Crippen LogP) is 2.72. The summed E-state index contributed by atoms with van der Waals surface area (Å²) in [6, 6.07) is 3.85. The summed E-state index contributed by atoms with van der Waals surface area (Å²) >= 11 is 5.54. The van der Waals surface area contributed by atoms with Crippen LogP contribution in [0.2, 0.25) is 5.02 Å². The van der Waals surface area contributed by atoms with Crippen LogP contribution in [0.15, 0.2) is 18.2 Å². The highest BCUT2D eigenvalue weighted by Gasteiger charge is 2.38. The number of hydrogen-bond donors (Lipinski definition) is 1. The van der Waals surface area contributed by atoms with Gasteiger partial charge in [-0.1, -0.05) is 17.7 Å². The predicted molar refractivity (Wildman–Crippen MR) is 47.9 cm³/mol. The number of carbonyl (C=O) groups is 1. The number of Topliss-reactive ketones (excluding diaryl/α,β-unsaturated/α-hetero) is 1. The fraction of sp³-hybridized carbons (Fsp3) is 0.222. The molecule has 1 rings (SSSR count). The van der Waals surface area contributed by atoms with Crippen LogP contribution in [0.25, 0.3) is 0 Å². The van der Waals surface area contributed by atoms with E-state index in [-0.39, 0.29) is 10.6 Å². The van der Waals surface area contributed by atoms with E-state index in [1.54, 1.807) is 0 Å². The van der Waals surface area contributed by atoms with E-state index in [4.69, 9.17) is 11.6 Å². The molecule has 0 heterocycles. The Hall–Kier alpha value is -1.23. The van der Waals surface area contributed by atoms with E-state index in [2.05, 4.69) is 0 Å². The smallest absolute Gasteiger partial charge is 0.450 e. The van der Waals surface area contributed by atoms with E-state index in [0.717, 1.165) is 0 Å². The molecular formula is C9H6ClF3O2. The maximum atomic E-state index is 11.9. The minimum absolute atomic E-state index is 0.0624. The Morgan fingerprint density at radius 3 is 2.47 bits per heavy atom. The normalized spacial score (nSPS) is 11.5. The molecule has 1 aromatic carbocycles. The van der Waals surface area contributed by atoms with E-state index >= 15 is 0 Å². The van der Waals surface area contributed by atoms with Gasteiger partial charge in [0.1, 0.15) is 5.75 Å². The lowest BCUT2D eigenvalue weighted by Gasteiger charge is -2.08. The highest BCUT2D eigenvalue weighted by Crippen LogP contribution is 2.28. The van der Waals surface area contributed by atoms with Crippen molar-refractivity contribution in [2.24, 2.45) is 0 Å². The lowest BCUT2D eigenvalue weighted by atomic mass is 10.1. The van der Waals surface area contributed by atoms with Gasteiger partial charge in [-0.3, -0.25) is 4.79 Å². The summed E-state index contributed by atoms with van der Waals surface area (Å²) in [5.74, 6) is -2.36. The summed E-state index contributed by atoms with van der Waals surface area (Å²) < 4.78 is 35.8. The number of rotatable bonds is 2. The van der Waals surface area contributed by atoms with Crippen molar-refractivity contribution in [1.82, 2.24) is 0 Å². The summed E-state index contributed by atoms with van der Waals surface area (Å²) in [6.45, 7) is 0. The van der Waals surface area contributed by atoms with Crippen molar-refractivity contribution < 1.29 is 23.1 Å². The van der Waals surface area contributed by atoms with E-state index in [1.807, 2.05) is 0 Å². The van der Waals surface area contributed by atoms with Gasteiger partial charge in [-0.25, -0.2) is 0 Å². The van der Waals surface area contributed by atoms with E-state index in [9.17, 15) is 23.1 Å². The Kier molecular flexibility index (Phi) is 3.24. The summed E-state index contributed by atoms with van der Waals surface area (Å²) in [6.07, 6.45) is -5.86. The largest absolute Gasteiger partial charge is 0.508 e. The number of ketones is 1. The third-order valence-electron chi connectivity index (χ3n) is 1.75. The minimum Gasteiger partial charge on any atom is -0.508 e. The molecule has 0 bridgehead atoms. The average molecular weight is 239 g/mol. The third kappa shape index (κ3) is 2.86. The molecule has 0 fully saturated rings. The molecule has 0 radical (unpaired) electrons. The molecule has 0 spiro atoms. The number of alkyl halides is 3. The van der Waals surface area contributed by atoms with Crippen molar-refractivity contribution in [2.45, 2.75) is 12.6 Å². The first-order valence-electron chi connectivity index (χ1n) is 3.88. The van der Waals surface area contributed by atoms with Crippen LogP contribution in [0.1, 0.15) is 5.56 Å². The molecule has 0 aromatic heterocycles. The van der Waals surface area contributed by atoms with E-state index in [1.165, 1.54) is 18.2 Å². The van der Waals surface area contributed by atoms with Crippen molar-refractivity contribution >= 4 is 17.4 Å². The van der Waals surface area contributed by atoms with E-state index in [0.29, 0.717) is 0 Å². The van der Waals surface area contributed by atoms with Crippen LogP contribution in [0.3, 0.4) is 0 Å². The van der Waals surface area contributed by atoms with Gasteiger partial charge < -0.3 is 5.11 Å². The zero-order valence-electron chi connectivity index (χ0n) is 7.31. The second-order valence-electron chi connectivity index (χ2n) is 2.84. The van der Waals surface area contributed by atoms with Gasteiger partial charge in [-0.2, -0.15) is 13.2 Å². The lowest BCUT2D eigenvalue weighted by Crippen LogP contribution is -2.24. The molecular weight excluding hydrogens is 233 g/mol. The molecule has 0 atom stereocenters. The Morgan fingerprint density at radius 2 is 2.00 bits per heavy atom. The second kappa shape index (κ2) is 4.10. The lowest BCUT2D eigenvalue weighted by molar-refractivity contribution is -0.170. The number of halogens is 4. The molecule has 0 unspecified atom stereocenters. The molecule has 82 valence electrons. The van der Waals surface area contributed by atoms with Gasteiger partial charge in [0, 0.05) is 17.0 Å². The first-order valence-corrected chi connectivity index (χ1v) is 4.26. The second-order valence-corrected chi connectivity index (χ2v) is 3.24. The molecule has 0 saturated carbocycles. The van der Waals surface area contributed by atoms with Crippen LogP contribution in [0, 0.1) is 0 Å². The van der Waals surface area contributed by atoms with Gasteiger partial charge >= 0.3 is 6.18 Å². The summed E-state index contributed by atoms with van der Waals surface area (Å²) in [7, 11) is 0. The van der Waals surface area contributed by atoms with Crippen LogP contribution in [-0.4, -0.2) is 17.1 Å². The first kappa shape index (κ1) is 11.8. The maximum absolute atomic E-state index is 11.9. The van der Waals surface area contributed by atoms with Gasteiger partial charge in [0.05, 0.1) is 0 Å². The standard InChI is InChI=1S/C9H6ClF3O2/c10-6-2-1-3-7(14)5(6)4-8(15)9(11,12)13/h1-3,14H,4H2.